The van der Waals surface area contributed by atoms with E-state index in [1.165, 1.54) is 49.4 Å². The third-order valence-electron chi connectivity index (χ3n) is 4.85. The van der Waals surface area contributed by atoms with Crippen molar-refractivity contribution in [2.24, 2.45) is 0 Å². The minimum Gasteiger partial charge on any atom is -0.301 e. The average Bonchev–Trinajstić information content (AvgIpc) is 3.08. The number of aryl methyl sites for hydroxylation is 1. The maximum atomic E-state index is 13.1. The van der Waals surface area contributed by atoms with Crippen LogP contribution in [-0.2, 0) is 24.5 Å². The molecule has 0 fully saturated rings. The van der Waals surface area contributed by atoms with Gasteiger partial charge in [0.1, 0.15) is 4.75 Å². The summed E-state index contributed by atoms with van der Waals surface area (Å²) < 4.78 is 47.6. The fourth-order valence-electron chi connectivity index (χ4n) is 2.84. The first-order valence-electron chi connectivity index (χ1n) is 9.23. The lowest BCUT2D eigenvalue weighted by Crippen LogP contribution is -2.44. The number of carbonyl (C=O) groups is 1. The molecule has 0 aliphatic rings. The SMILES string of the molecule is Cc1sc(NC(=O)C(C)(C)S(=O)(=O)c2ccc(S(C)(=O)=O)cc2)nc1-c1ccccc1. The first-order valence-corrected chi connectivity index (χ1v) is 13.4. The Morgan fingerprint density at radius 1 is 0.935 bits per heavy atom. The lowest BCUT2D eigenvalue weighted by molar-refractivity contribution is -0.117. The van der Waals surface area contributed by atoms with Gasteiger partial charge in [-0.2, -0.15) is 0 Å². The molecule has 1 heterocycles. The fraction of sp³-hybridized carbons (Fsp3) is 0.238. The Bertz CT molecular complexity index is 1330. The number of nitrogens with zero attached hydrogens (tertiary/aromatic N) is 1. The summed E-state index contributed by atoms with van der Waals surface area (Å²) in [6, 6.07) is 14.3. The molecule has 164 valence electrons. The predicted octanol–water partition coefficient (Wildman–Crippen LogP) is 3.71. The van der Waals surface area contributed by atoms with Crippen LogP contribution in [0.25, 0.3) is 11.3 Å². The standard InChI is InChI=1S/C21H22N2O5S3/c1-14-18(15-8-6-5-7-9-15)22-20(29-14)23-19(24)21(2,3)31(27,28)17-12-10-16(11-13-17)30(4,25)26/h5-13H,1-4H3,(H,22,23,24). The van der Waals surface area contributed by atoms with Crippen LogP contribution >= 0.6 is 11.3 Å². The molecule has 0 aliphatic heterocycles. The molecule has 1 amide bonds. The maximum Gasteiger partial charge on any atom is 0.247 e. The van der Waals surface area contributed by atoms with Crippen molar-refractivity contribution < 1.29 is 21.6 Å². The third-order valence-corrected chi connectivity index (χ3v) is 9.28. The molecule has 1 aromatic heterocycles. The van der Waals surface area contributed by atoms with Crippen LogP contribution in [0.1, 0.15) is 18.7 Å². The van der Waals surface area contributed by atoms with E-state index in [-0.39, 0.29) is 9.79 Å². The van der Waals surface area contributed by atoms with Gasteiger partial charge in [-0.05, 0) is 45.0 Å². The lowest BCUT2D eigenvalue weighted by Gasteiger charge is -2.23. The van der Waals surface area contributed by atoms with E-state index in [9.17, 15) is 21.6 Å². The summed E-state index contributed by atoms with van der Waals surface area (Å²) in [5.41, 5.74) is 1.62. The van der Waals surface area contributed by atoms with E-state index in [1.807, 2.05) is 37.3 Å². The molecule has 0 spiro atoms. The van der Waals surface area contributed by atoms with Crippen LogP contribution < -0.4 is 5.32 Å². The molecule has 0 atom stereocenters. The van der Waals surface area contributed by atoms with Crippen molar-refractivity contribution in [3.05, 3.63) is 59.5 Å². The number of thiazole rings is 1. The smallest absolute Gasteiger partial charge is 0.247 e. The van der Waals surface area contributed by atoms with Gasteiger partial charge in [0, 0.05) is 16.7 Å². The molecule has 10 heteroatoms. The molecule has 3 rings (SSSR count). The van der Waals surface area contributed by atoms with Crippen molar-refractivity contribution in [3.8, 4) is 11.3 Å². The van der Waals surface area contributed by atoms with Gasteiger partial charge in [-0.1, -0.05) is 30.3 Å². The van der Waals surface area contributed by atoms with E-state index < -0.39 is 30.3 Å². The average molecular weight is 479 g/mol. The summed E-state index contributed by atoms with van der Waals surface area (Å²) in [6.07, 6.45) is 1.04. The van der Waals surface area contributed by atoms with Crippen LogP contribution in [0.15, 0.2) is 64.4 Å². The number of aromatic nitrogens is 1. The molecule has 1 N–H and O–H groups in total. The summed E-state index contributed by atoms with van der Waals surface area (Å²) >= 11 is 1.26. The lowest BCUT2D eigenvalue weighted by atomic mass is 10.1. The Morgan fingerprint density at radius 2 is 1.48 bits per heavy atom. The highest BCUT2D eigenvalue weighted by Crippen LogP contribution is 2.32. The van der Waals surface area contributed by atoms with E-state index in [2.05, 4.69) is 10.3 Å². The van der Waals surface area contributed by atoms with E-state index in [4.69, 9.17) is 0 Å². The van der Waals surface area contributed by atoms with Crippen LogP contribution in [0.3, 0.4) is 0 Å². The number of rotatable bonds is 6. The molecule has 0 radical (unpaired) electrons. The van der Waals surface area contributed by atoms with Crippen LogP contribution in [-0.4, -0.2) is 38.7 Å². The van der Waals surface area contributed by atoms with Crippen molar-refractivity contribution in [1.29, 1.82) is 0 Å². The van der Waals surface area contributed by atoms with Crippen LogP contribution in [0.2, 0.25) is 0 Å². The first-order chi connectivity index (χ1) is 14.3. The quantitative estimate of drug-likeness (QED) is 0.578. The number of hydrogen-bond acceptors (Lipinski definition) is 7. The third kappa shape index (κ3) is 4.56. The number of nitrogens with one attached hydrogen (secondary N) is 1. The van der Waals surface area contributed by atoms with E-state index in [0.29, 0.717) is 5.13 Å². The van der Waals surface area contributed by atoms with Gasteiger partial charge in [0.15, 0.2) is 24.8 Å². The first kappa shape index (κ1) is 23.1. The molecular weight excluding hydrogens is 456 g/mol. The van der Waals surface area contributed by atoms with Gasteiger partial charge in [-0.15, -0.1) is 11.3 Å². The van der Waals surface area contributed by atoms with Crippen LogP contribution in [0.4, 0.5) is 5.13 Å². The fourth-order valence-corrected chi connectivity index (χ4v) is 5.68. The molecule has 0 saturated carbocycles. The Morgan fingerprint density at radius 3 is 2.03 bits per heavy atom. The van der Waals surface area contributed by atoms with Crippen LogP contribution in [0, 0.1) is 6.92 Å². The number of anilines is 1. The highest BCUT2D eigenvalue weighted by molar-refractivity contribution is 7.93. The van der Waals surface area contributed by atoms with Crippen molar-refractivity contribution in [2.45, 2.75) is 35.3 Å². The Hall–Kier alpha value is -2.56. The summed E-state index contributed by atoms with van der Waals surface area (Å²) in [4.78, 5) is 18.1. The van der Waals surface area contributed by atoms with Gasteiger partial charge in [0.2, 0.25) is 5.91 Å². The maximum absolute atomic E-state index is 13.1. The summed E-state index contributed by atoms with van der Waals surface area (Å²) in [7, 11) is -7.57. The second-order valence-corrected chi connectivity index (χ2v) is 13.2. The van der Waals surface area contributed by atoms with Gasteiger partial charge in [-0.3, -0.25) is 4.79 Å². The summed E-state index contributed by atoms with van der Waals surface area (Å²) in [5.74, 6) is -0.729. The van der Waals surface area contributed by atoms with Gasteiger partial charge >= 0.3 is 0 Å². The van der Waals surface area contributed by atoms with Gasteiger partial charge in [0.25, 0.3) is 0 Å². The predicted molar refractivity (Wildman–Crippen MR) is 122 cm³/mol. The van der Waals surface area contributed by atoms with Gasteiger partial charge in [-0.25, -0.2) is 21.8 Å². The van der Waals surface area contributed by atoms with E-state index in [1.54, 1.807) is 0 Å². The number of hydrogen-bond donors (Lipinski definition) is 1. The Balaban J connectivity index is 1.87. The highest BCUT2D eigenvalue weighted by atomic mass is 32.2. The highest BCUT2D eigenvalue weighted by Gasteiger charge is 2.43. The zero-order valence-corrected chi connectivity index (χ0v) is 19.9. The van der Waals surface area contributed by atoms with Crippen molar-refractivity contribution in [3.63, 3.8) is 0 Å². The zero-order chi connectivity index (χ0) is 23.0. The summed E-state index contributed by atoms with van der Waals surface area (Å²) in [5, 5.41) is 2.92. The second-order valence-electron chi connectivity index (χ2n) is 7.50. The number of carbonyl (C=O) groups excluding carboxylic acids is 1. The molecule has 0 bridgehead atoms. The van der Waals surface area contributed by atoms with Gasteiger partial charge < -0.3 is 5.32 Å². The Kier molecular flexibility index (Phi) is 6.09. The number of sulfone groups is 2. The van der Waals surface area contributed by atoms with Crippen molar-refractivity contribution >= 4 is 42.1 Å². The molecule has 7 nitrogen and oxygen atoms in total. The molecule has 0 aliphatic carbocycles. The minimum absolute atomic E-state index is 0.000379. The van der Waals surface area contributed by atoms with Crippen LogP contribution in [0.5, 0.6) is 0 Å². The molecule has 31 heavy (non-hydrogen) atoms. The molecular formula is C21H22N2O5S3. The van der Waals surface area contributed by atoms with E-state index >= 15 is 0 Å². The topological polar surface area (TPSA) is 110 Å². The second kappa shape index (κ2) is 8.18. The zero-order valence-electron chi connectivity index (χ0n) is 17.4. The monoisotopic (exact) mass is 478 g/mol. The molecule has 2 aromatic carbocycles. The van der Waals surface area contributed by atoms with E-state index in [0.717, 1.165) is 22.4 Å². The molecule has 0 unspecified atom stereocenters. The Labute approximate surface area is 186 Å². The molecule has 0 saturated heterocycles. The van der Waals surface area contributed by atoms with Crippen molar-refractivity contribution in [1.82, 2.24) is 4.98 Å². The summed E-state index contributed by atoms with van der Waals surface area (Å²) in [6.45, 7) is 4.49. The largest absolute Gasteiger partial charge is 0.301 e. The number of benzene rings is 2. The minimum atomic E-state index is -4.11. The number of amides is 1. The van der Waals surface area contributed by atoms with Gasteiger partial charge in [0.05, 0.1) is 15.5 Å². The molecule has 3 aromatic rings. The normalized spacial score (nSPS) is 12.5. The van der Waals surface area contributed by atoms with Crippen molar-refractivity contribution in [2.75, 3.05) is 11.6 Å².